The van der Waals surface area contributed by atoms with Crippen molar-refractivity contribution in [1.29, 1.82) is 0 Å². The molecule has 0 amide bonds. The summed E-state index contributed by atoms with van der Waals surface area (Å²) in [6, 6.07) is 0.619. The first-order valence-corrected chi connectivity index (χ1v) is 4.95. The normalized spacial score (nSPS) is 17.5. The number of likely N-dealkylation sites (tertiary alicyclic amines) is 1. The molecule has 1 aromatic heterocycles. The van der Waals surface area contributed by atoms with Crippen LogP contribution in [-0.4, -0.2) is 34.8 Å². The molecule has 0 radical (unpaired) electrons. The van der Waals surface area contributed by atoms with E-state index >= 15 is 0 Å². The van der Waals surface area contributed by atoms with E-state index in [1.165, 1.54) is 5.56 Å². The van der Waals surface area contributed by atoms with Crippen molar-refractivity contribution in [3.63, 3.8) is 0 Å². The lowest BCUT2D eigenvalue weighted by Gasteiger charge is -2.36. The second-order valence-electron chi connectivity index (χ2n) is 3.37. The lowest BCUT2D eigenvalue weighted by atomic mass is 10.1. The van der Waals surface area contributed by atoms with E-state index in [0.717, 1.165) is 13.1 Å². The highest BCUT2D eigenvalue weighted by molar-refractivity contribution is 5.01. The molecular formula is C10H19N3. The molecule has 3 nitrogen and oxygen atoms in total. The van der Waals surface area contributed by atoms with Gasteiger partial charge in [0.05, 0.1) is 12.2 Å². The van der Waals surface area contributed by atoms with E-state index in [2.05, 4.69) is 34.8 Å². The lowest BCUT2D eigenvalue weighted by molar-refractivity contribution is 0.130. The Labute approximate surface area is 80.4 Å². The largest absolute Gasteiger partial charge is 0.302 e. The van der Waals surface area contributed by atoms with Crippen molar-refractivity contribution in [3.05, 3.63) is 18.0 Å². The fourth-order valence-corrected chi connectivity index (χ4v) is 1.47. The van der Waals surface area contributed by atoms with Crippen molar-refractivity contribution in [1.82, 2.24) is 14.7 Å². The van der Waals surface area contributed by atoms with Crippen LogP contribution in [0.15, 0.2) is 12.4 Å². The monoisotopic (exact) mass is 181 g/mol. The molecule has 0 saturated carbocycles. The zero-order valence-corrected chi connectivity index (χ0v) is 8.99. The van der Waals surface area contributed by atoms with Crippen molar-refractivity contribution in [2.45, 2.75) is 26.8 Å². The minimum Gasteiger partial charge on any atom is -0.302 e. The van der Waals surface area contributed by atoms with Gasteiger partial charge in [-0.2, -0.15) is 5.10 Å². The van der Waals surface area contributed by atoms with Gasteiger partial charge in [0.2, 0.25) is 0 Å². The van der Waals surface area contributed by atoms with Gasteiger partial charge in [-0.15, -0.1) is 0 Å². The van der Waals surface area contributed by atoms with E-state index in [0.29, 0.717) is 6.04 Å². The van der Waals surface area contributed by atoms with Gasteiger partial charge in [-0.05, 0) is 19.5 Å². The Morgan fingerprint density at radius 3 is 2.38 bits per heavy atom. The van der Waals surface area contributed by atoms with Gasteiger partial charge in [0.25, 0.3) is 0 Å². The Morgan fingerprint density at radius 1 is 1.38 bits per heavy atom. The molecule has 0 atom stereocenters. The molecule has 74 valence electrons. The van der Waals surface area contributed by atoms with Crippen LogP contribution in [0.4, 0.5) is 0 Å². The minimum absolute atomic E-state index is 0.619. The highest BCUT2D eigenvalue weighted by atomic mass is 15.4. The number of aryl methyl sites for hydroxylation is 1. The predicted molar refractivity (Wildman–Crippen MR) is 54.8 cm³/mol. The molecule has 2 heterocycles. The Bertz CT molecular complexity index is 248. The van der Waals surface area contributed by atoms with Crippen LogP contribution in [0.2, 0.25) is 0 Å². The van der Waals surface area contributed by atoms with Crippen LogP contribution >= 0.6 is 0 Å². The van der Waals surface area contributed by atoms with Crippen LogP contribution in [0.3, 0.4) is 0 Å². The summed E-state index contributed by atoms with van der Waals surface area (Å²) in [5, 5.41) is 4.26. The van der Waals surface area contributed by atoms with Gasteiger partial charge < -0.3 is 4.90 Å². The fourth-order valence-electron chi connectivity index (χ4n) is 1.47. The molecule has 0 aliphatic carbocycles. The van der Waals surface area contributed by atoms with Gasteiger partial charge in [-0.1, -0.05) is 13.8 Å². The maximum atomic E-state index is 4.26. The molecule has 1 aromatic rings. The van der Waals surface area contributed by atoms with Crippen molar-refractivity contribution < 1.29 is 0 Å². The van der Waals surface area contributed by atoms with Crippen molar-refractivity contribution >= 4 is 0 Å². The van der Waals surface area contributed by atoms with Gasteiger partial charge >= 0.3 is 0 Å². The summed E-state index contributed by atoms with van der Waals surface area (Å²) in [4.78, 5) is 2.29. The summed E-state index contributed by atoms with van der Waals surface area (Å²) in [5.74, 6) is 0. The first-order chi connectivity index (χ1) is 6.25. The fraction of sp³-hybridized carbons (Fsp3) is 0.700. The summed E-state index contributed by atoms with van der Waals surface area (Å²) in [6.45, 7) is 8.36. The molecule has 1 fully saturated rings. The van der Waals surface area contributed by atoms with Crippen LogP contribution in [0, 0.1) is 6.92 Å². The number of likely N-dealkylation sites (N-methyl/N-ethyl adjacent to an activating group) is 1. The maximum Gasteiger partial charge on any atom is 0.0772 e. The summed E-state index contributed by atoms with van der Waals surface area (Å²) >= 11 is 0. The Kier molecular flexibility index (Phi) is 3.48. The molecule has 0 aromatic carbocycles. The smallest absolute Gasteiger partial charge is 0.0772 e. The third-order valence-corrected chi connectivity index (χ3v) is 2.15. The van der Waals surface area contributed by atoms with E-state index in [1.807, 2.05) is 20.0 Å². The van der Waals surface area contributed by atoms with Crippen LogP contribution in [0.5, 0.6) is 0 Å². The standard InChI is InChI=1S/C8H13N3.C2H6/c1-7-3-9-11(4-7)8-5-10(2)6-8;1-2/h3-4,8H,5-6H2,1-2H3;1-2H3. The predicted octanol–water partition coefficient (Wildman–Crippen LogP) is 1.70. The maximum absolute atomic E-state index is 4.26. The highest BCUT2D eigenvalue weighted by Gasteiger charge is 2.24. The van der Waals surface area contributed by atoms with Crippen LogP contribution in [-0.2, 0) is 0 Å². The highest BCUT2D eigenvalue weighted by Crippen LogP contribution is 2.17. The van der Waals surface area contributed by atoms with Crippen molar-refractivity contribution in [2.24, 2.45) is 0 Å². The van der Waals surface area contributed by atoms with E-state index in [1.54, 1.807) is 0 Å². The van der Waals surface area contributed by atoms with Gasteiger partial charge in [-0.25, -0.2) is 0 Å². The van der Waals surface area contributed by atoms with Gasteiger partial charge in [0, 0.05) is 19.3 Å². The molecule has 1 aliphatic rings. The Balaban J connectivity index is 0.000000396. The Morgan fingerprint density at radius 2 is 2.00 bits per heavy atom. The van der Waals surface area contributed by atoms with Crippen molar-refractivity contribution in [2.75, 3.05) is 20.1 Å². The number of aromatic nitrogens is 2. The first kappa shape index (κ1) is 10.3. The molecular weight excluding hydrogens is 162 g/mol. The van der Waals surface area contributed by atoms with E-state index < -0.39 is 0 Å². The summed E-state index contributed by atoms with van der Waals surface area (Å²) in [7, 11) is 2.13. The number of rotatable bonds is 1. The molecule has 1 aliphatic heterocycles. The molecule has 0 spiro atoms. The molecule has 0 N–H and O–H groups in total. The SMILES string of the molecule is CC.Cc1cnn(C2CN(C)C2)c1. The second-order valence-corrected chi connectivity index (χ2v) is 3.37. The van der Waals surface area contributed by atoms with Crippen LogP contribution in [0.25, 0.3) is 0 Å². The average Bonchev–Trinajstić information content (AvgIpc) is 2.50. The van der Waals surface area contributed by atoms with Crippen LogP contribution < -0.4 is 0 Å². The van der Waals surface area contributed by atoms with E-state index in [4.69, 9.17) is 0 Å². The first-order valence-electron chi connectivity index (χ1n) is 4.95. The average molecular weight is 181 g/mol. The Hall–Kier alpha value is -0.830. The summed E-state index contributed by atoms with van der Waals surface area (Å²) in [5.41, 5.74) is 1.25. The molecule has 0 bridgehead atoms. The number of hydrogen-bond acceptors (Lipinski definition) is 2. The van der Waals surface area contributed by atoms with Gasteiger partial charge in [-0.3, -0.25) is 4.68 Å². The lowest BCUT2D eigenvalue weighted by Crippen LogP contribution is -2.45. The second kappa shape index (κ2) is 4.42. The molecule has 0 unspecified atom stereocenters. The third-order valence-electron chi connectivity index (χ3n) is 2.15. The summed E-state index contributed by atoms with van der Waals surface area (Å²) < 4.78 is 2.06. The third kappa shape index (κ3) is 2.31. The summed E-state index contributed by atoms with van der Waals surface area (Å²) in [6.07, 6.45) is 4.02. The molecule has 13 heavy (non-hydrogen) atoms. The molecule has 2 rings (SSSR count). The van der Waals surface area contributed by atoms with Crippen LogP contribution in [0.1, 0.15) is 25.5 Å². The zero-order chi connectivity index (χ0) is 9.84. The van der Waals surface area contributed by atoms with Gasteiger partial charge in [0.1, 0.15) is 0 Å². The minimum atomic E-state index is 0.619. The molecule has 1 saturated heterocycles. The quantitative estimate of drug-likeness (QED) is 0.657. The topological polar surface area (TPSA) is 21.1 Å². The van der Waals surface area contributed by atoms with E-state index in [-0.39, 0.29) is 0 Å². The van der Waals surface area contributed by atoms with E-state index in [9.17, 15) is 0 Å². The number of hydrogen-bond donors (Lipinski definition) is 0. The molecule has 3 heteroatoms. The zero-order valence-electron chi connectivity index (χ0n) is 8.99. The van der Waals surface area contributed by atoms with Crippen molar-refractivity contribution in [3.8, 4) is 0 Å². The van der Waals surface area contributed by atoms with Gasteiger partial charge in [0.15, 0.2) is 0 Å². The number of nitrogens with zero attached hydrogens (tertiary/aromatic N) is 3.